The third kappa shape index (κ3) is 6.79. The van der Waals surface area contributed by atoms with Crippen LogP contribution in [0.3, 0.4) is 0 Å². The summed E-state index contributed by atoms with van der Waals surface area (Å²) in [5.74, 6) is 0. The molecule has 0 fully saturated rings. The minimum absolute atomic E-state index is 0.0884. The summed E-state index contributed by atoms with van der Waals surface area (Å²) in [5, 5.41) is 7.76. The highest BCUT2D eigenvalue weighted by Gasteiger charge is 2.50. The van der Waals surface area contributed by atoms with E-state index in [-0.39, 0.29) is 13.4 Å². The van der Waals surface area contributed by atoms with Crippen LogP contribution < -0.4 is 52.4 Å². The molecule has 0 amide bonds. The molecule has 0 unspecified atom stereocenters. The average molecular weight is 1060 g/mol. The molecule has 0 spiro atoms. The van der Waals surface area contributed by atoms with Gasteiger partial charge in [0.2, 0.25) is 13.4 Å². The van der Waals surface area contributed by atoms with Crippen LogP contribution in [0.4, 0.5) is 68.2 Å². The molecule has 0 aromatic heterocycles. The van der Waals surface area contributed by atoms with Gasteiger partial charge in [0.15, 0.2) is 0 Å². The number of benzene rings is 14. The van der Waals surface area contributed by atoms with Crippen molar-refractivity contribution >= 4 is 147 Å². The minimum Gasteiger partial charge on any atom is -0.311 e. The zero-order chi connectivity index (χ0) is 55.0. The van der Waals surface area contributed by atoms with Gasteiger partial charge >= 0.3 is 0 Å². The first-order chi connectivity index (χ1) is 41.7. The van der Waals surface area contributed by atoms with E-state index in [9.17, 15) is 0 Å². The van der Waals surface area contributed by atoms with Gasteiger partial charge in [-0.15, -0.1) is 0 Å². The summed E-state index contributed by atoms with van der Waals surface area (Å²) < 4.78 is 0. The Morgan fingerprint density at radius 1 is 0.250 bits per heavy atom. The summed E-state index contributed by atoms with van der Waals surface area (Å²) in [6.45, 7) is -0.177. The third-order valence-electron chi connectivity index (χ3n) is 18.3. The van der Waals surface area contributed by atoms with Crippen molar-refractivity contribution in [3.63, 3.8) is 0 Å². The van der Waals surface area contributed by atoms with Gasteiger partial charge in [0.25, 0.3) is 0 Å². The van der Waals surface area contributed by atoms with E-state index < -0.39 is 0 Å². The van der Waals surface area contributed by atoms with Crippen LogP contribution in [0.15, 0.2) is 303 Å². The van der Waals surface area contributed by atoms with Crippen LogP contribution in [0.2, 0.25) is 0 Å². The van der Waals surface area contributed by atoms with Crippen molar-refractivity contribution in [1.29, 1.82) is 0 Å². The molecule has 0 radical (unpaired) electrons. The Kier molecular flexibility index (Phi) is 10.2. The number of fused-ring (bicyclic) bond motifs is 7. The van der Waals surface area contributed by atoms with Gasteiger partial charge < -0.3 is 19.6 Å². The molecule has 4 aliphatic heterocycles. The van der Waals surface area contributed by atoms with E-state index in [1.807, 2.05) is 0 Å². The number of hydrogen-bond donors (Lipinski definition) is 0. The highest BCUT2D eigenvalue weighted by atomic mass is 15.2. The second-order valence-corrected chi connectivity index (χ2v) is 22.7. The van der Waals surface area contributed by atoms with E-state index in [1.54, 1.807) is 0 Å². The molecule has 4 heterocycles. The van der Waals surface area contributed by atoms with Gasteiger partial charge in [-0.25, -0.2) is 0 Å². The molecule has 18 rings (SSSR count). The van der Waals surface area contributed by atoms with Gasteiger partial charge in [0, 0.05) is 68.2 Å². The van der Waals surface area contributed by atoms with E-state index in [4.69, 9.17) is 0 Å². The standard InChI is InChI=1S/C78H50B2N4/c1-7-25-54(26-8-1)81(55-27-9-2-10-28-55)60-43-45-64-68(48-60)83(58-33-15-5-16-34-58)70-50-71-78-76-75-73-62(37-21-39-66(73)79(64)77(70)76)72(53-42-41-51-23-19-20-24-52(51)47-53)63-38-22-40-67(74(63)75)80(78)65-46-44-61(49-69(65)84(71)59-35-17-6-18-36-59)82(56-29-11-3-12-30-56)57-31-13-4-14-32-57/h1-50H. The molecule has 0 aliphatic carbocycles. The van der Waals surface area contributed by atoms with E-state index in [0.717, 1.165) is 56.9 Å². The zero-order valence-corrected chi connectivity index (χ0v) is 45.8. The van der Waals surface area contributed by atoms with Gasteiger partial charge in [-0.05, 0) is 186 Å². The number of anilines is 12. The maximum Gasteiger partial charge on any atom is 0.248 e. The predicted octanol–water partition coefficient (Wildman–Crippen LogP) is 16.6. The normalized spacial score (nSPS) is 12.9. The van der Waals surface area contributed by atoms with Crippen LogP contribution in [-0.4, -0.2) is 13.4 Å². The first kappa shape index (κ1) is 46.9. The van der Waals surface area contributed by atoms with Crippen LogP contribution in [0.1, 0.15) is 0 Å². The Morgan fingerprint density at radius 3 is 1.10 bits per heavy atom. The topological polar surface area (TPSA) is 13.0 Å². The maximum atomic E-state index is 2.60. The highest BCUT2D eigenvalue weighted by molar-refractivity contribution is 7.05. The number of para-hydroxylation sites is 6. The van der Waals surface area contributed by atoms with Crippen LogP contribution in [0, 0.1) is 0 Å². The molecule has 6 heteroatoms. The lowest BCUT2D eigenvalue weighted by molar-refractivity contribution is 1.24. The molecule has 84 heavy (non-hydrogen) atoms. The molecule has 0 N–H and O–H groups in total. The predicted molar refractivity (Wildman–Crippen MR) is 358 cm³/mol. The smallest absolute Gasteiger partial charge is 0.248 e. The molecule has 14 aromatic rings. The minimum atomic E-state index is -0.0884. The first-order valence-electron chi connectivity index (χ1n) is 29.2. The largest absolute Gasteiger partial charge is 0.311 e. The summed E-state index contributed by atoms with van der Waals surface area (Å²) in [5.41, 5.74) is 26.8. The summed E-state index contributed by atoms with van der Waals surface area (Å²) in [4.78, 5) is 10.00. The summed E-state index contributed by atoms with van der Waals surface area (Å²) in [7, 11) is 0. The Hall–Kier alpha value is -10.8. The molecular formula is C78H50B2N4. The van der Waals surface area contributed by atoms with E-state index in [2.05, 4.69) is 323 Å². The van der Waals surface area contributed by atoms with Crippen LogP contribution >= 0.6 is 0 Å². The Bertz CT molecular complexity index is 4640. The van der Waals surface area contributed by atoms with Gasteiger partial charge in [-0.3, -0.25) is 0 Å². The molecule has 0 saturated carbocycles. The first-order valence-corrected chi connectivity index (χ1v) is 29.2. The van der Waals surface area contributed by atoms with Crippen molar-refractivity contribution in [2.45, 2.75) is 0 Å². The molecular weight excluding hydrogens is 1010 g/mol. The molecule has 4 nitrogen and oxygen atoms in total. The average Bonchev–Trinajstić information content (AvgIpc) is 0.696. The zero-order valence-electron chi connectivity index (χ0n) is 45.8. The SMILES string of the molecule is c1ccc(N(c2ccccc2)c2ccc3c(c2)N(c2ccccc2)c2cc4c5c6c2B3c2cccc3c(-c7ccc8ccccc8c7)c7cccc(c7c-6c23)B5c2ccc(N(c3ccccc3)c3ccccc3)cc2N4c2ccccc2)cc1. The maximum absolute atomic E-state index is 2.60. The van der Waals surface area contributed by atoms with Crippen LogP contribution in [-0.2, 0) is 0 Å². The molecule has 0 atom stereocenters. The monoisotopic (exact) mass is 1060 g/mol. The number of hydrogen-bond acceptors (Lipinski definition) is 4. The lowest BCUT2D eigenvalue weighted by atomic mass is 9.26. The lowest BCUT2D eigenvalue weighted by Crippen LogP contribution is -2.66. The van der Waals surface area contributed by atoms with Gasteiger partial charge in [-0.2, -0.15) is 0 Å². The Balaban J connectivity index is 0.995. The summed E-state index contributed by atoms with van der Waals surface area (Å²) in [6.07, 6.45) is 0. The van der Waals surface area contributed by atoms with E-state index >= 15 is 0 Å². The van der Waals surface area contributed by atoms with Crippen molar-refractivity contribution < 1.29 is 0 Å². The molecule has 4 aliphatic rings. The Morgan fingerprint density at radius 2 is 0.655 bits per heavy atom. The lowest BCUT2D eigenvalue weighted by Gasteiger charge is -2.47. The van der Waals surface area contributed by atoms with Crippen molar-refractivity contribution in [1.82, 2.24) is 0 Å². The molecule has 388 valence electrons. The van der Waals surface area contributed by atoms with Crippen molar-refractivity contribution in [3.8, 4) is 22.3 Å². The van der Waals surface area contributed by atoms with Crippen molar-refractivity contribution in [2.24, 2.45) is 0 Å². The fourth-order valence-electron chi connectivity index (χ4n) is 15.0. The number of nitrogens with zero attached hydrogens (tertiary/aromatic N) is 4. The molecule has 0 saturated heterocycles. The number of rotatable bonds is 9. The summed E-state index contributed by atoms with van der Waals surface area (Å²) >= 11 is 0. The van der Waals surface area contributed by atoms with Crippen molar-refractivity contribution in [3.05, 3.63) is 303 Å². The fourth-order valence-corrected chi connectivity index (χ4v) is 15.0. The third-order valence-corrected chi connectivity index (χ3v) is 18.3. The van der Waals surface area contributed by atoms with Crippen LogP contribution in [0.5, 0.6) is 0 Å². The highest BCUT2D eigenvalue weighted by Crippen LogP contribution is 2.53. The van der Waals surface area contributed by atoms with Crippen LogP contribution in [0.25, 0.3) is 54.6 Å². The fraction of sp³-hybridized carbons (Fsp3) is 0. The van der Waals surface area contributed by atoms with E-state index in [1.165, 1.54) is 98.7 Å². The quantitative estimate of drug-likeness (QED) is 0.105. The van der Waals surface area contributed by atoms with Crippen molar-refractivity contribution in [2.75, 3.05) is 19.6 Å². The van der Waals surface area contributed by atoms with Gasteiger partial charge in [-0.1, -0.05) is 205 Å². The molecule has 14 aromatic carbocycles. The van der Waals surface area contributed by atoms with Gasteiger partial charge in [0.05, 0.1) is 0 Å². The Labute approximate surface area is 489 Å². The molecule has 0 bridgehead atoms. The second-order valence-electron chi connectivity index (χ2n) is 22.7. The van der Waals surface area contributed by atoms with E-state index in [0.29, 0.717) is 0 Å². The van der Waals surface area contributed by atoms with Gasteiger partial charge in [0.1, 0.15) is 0 Å². The second kappa shape index (κ2) is 18.4. The summed E-state index contributed by atoms with van der Waals surface area (Å²) in [6, 6.07) is 113.